The van der Waals surface area contributed by atoms with Crippen molar-refractivity contribution in [3.63, 3.8) is 0 Å². The fraction of sp³-hybridized carbons (Fsp3) is 0.0909. The van der Waals surface area contributed by atoms with Gasteiger partial charge < -0.3 is 15.0 Å². The second-order valence-electron chi connectivity index (χ2n) is 3.87. The van der Waals surface area contributed by atoms with Gasteiger partial charge in [0.1, 0.15) is 5.75 Å². The number of hydrogen-bond acceptors (Lipinski definition) is 8. The van der Waals surface area contributed by atoms with E-state index in [2.05, 4.69) is 41.0 Å². The number of ether oxygens (including phenoxy) is 1. The van der Waals surface area contributed by atoms with Gasteiger partial charge in [0, 0.05) is 5.02 Å². The molecule has 10 heteroatoms. The number of nitrogens with two attached hydrogens (primary N) is 1. The Morgan fingerprint density at radius 1 is 1.29 bits per heavy atom. The van der Waals surface area contributed by atoms with E-state index in [1.165, 1.54) is 0 Å². The first-order chi connectivity index (χ1) is 10.1. The minimum Gasteiger partial charge on any atom is -0.483 e. The van der Waals surface area contributed by atoms with Gasteiger partial charge in [-0.15, -0.1) is 0 Å². The third kappa shape index (κ3) is 2.98. The number of halogens is 2. The molecular weight excluding hydrogens is 366 g/mol. The van der Waals surface area contributed by atoms with Crippen LogP contribution in [0.1, 0.15) is 5.89 Å². The Morgan fingerprint density at radius 3 is 2.86 bits per heavy atom. The van der Waals surface area contributed by atoms with E-state index < -0.39 is 0 Å². The molecular formula is C11H7BrClN5O3. The normalized spacial score (nSPS) is 10.8. The van der Waals surface area contributed by atoms with E-state index in [1.807, 2.05) is 0 Å². The largest absolute Gasteiger partial charge is 0.483 e. The van der Waals surface area contributed by atoms with Crippen molar-refractivity contribution in [3.8, 4) is 17.3 Å². The van der Waals surface area contributed by atoms with Gasteiger partial charge in [0.05, 0.1) is 4.47 Å². The SMILES string of the molecule is Nc1nonc1-c1noc(COc2ccc(Cl)cc2Br)n1. The number of rotatable bonds is 4. The average Bonchev–Trinajstić information content (AvgIpc) is 3.06. The van der Waals surface area contributed by atoms with Crippen molar-refractivity contribution in [1.82, 2.24) is 20.5 Å². The van der Waals surface area contributed by atoms with Gasteiger partial charge in [-0.05, 0) is 44.4 Å². The molecule has 0 radical (unpaired) electrons. The van der Waals surface area contributed by atoms with Crippen molar-refractivity contribution in [1.29, 1.82) is 0 Å². The van der Waals surface area contributed by atoms with Crippen molar-refractivity contribution in [2.45, 2.75) is 6.61 Å². The van der Waals surface area contributed by atoms with Crippen LogP contribution in [0.2, 0.25) is 5.02 Å². The van der Waals surface area contributed by atoms with Gasteiger partial charge in [-0.3, -0.25) is 0 Å². The molecule has 2 heterocycles. The molecule has 0 amide bonds. The number of nitrogen functional groups attached to an aromatic ring is 1. The van der Waals surface area contributed by atoms with Crippen LogP contribution >= 0.6 is 27.5 Å². The van der Waals surface area contributed by atoms with E-state index >= 15 is 0 Å². The Morgan fingerprint density at radius 2 is 2.14 bits per heavy atom. The van der Waals surface area contributed by atoms with Crippen LogP contribution in [-0.4, -0.2) is 20.5 Å². The van der Waals surface area contributed by atoms with Crippen LogP contribution in [-0.2, 0) is 6.61 Å². The minimum absolute atomic E-state index is 0.0818. The summed E-state index contributed by atoms with van der Waals surface area (Å²) in [5.41, 5.74) is 5.76. The highest BCUT2D eigenvalue weighted by atomic mass is 79.9. The molecule has 0 atom stereocenters. The zero-order chi connectivity index (χ0) is 14.8. The predicted molar refractivity (Wildman–Crippen MR) is 75.5 cm³/mol. The molecule has 0 aliphatic carbocycles. The van der Waals surface area contributed by atoms with Crippen LogP contribution in [0.15, 0.2) is 31.8 Å². The smallest absolute Gasteiger partial charge is 0.264 e. The molecule has 1 aromatic carbocycles. The summed E-state index contributed by atoms with van der Waals surface area (Å²) < 4.78 is 15.8. The van der Waals surface area contributed by atoms with E-state index in [9.17, 15) is 0 Å². The molecule has 21 heavy (non-hydrogen) atoms. The molecule has 0 fully saturated rings. The third-order valence-corrected chi connectivity index (χ3v) is 3.29. The first-order valence-electron chi connectivity index (χ1n) is 5.62. The fourth-order valence-electron chi connectivity index (χ4n) is 1.49. The molecule has 2 aromatic heterocycles. The van der Waals surface area contributed by atoms with E-state index in [0.29, 0.717) is 10.8 Å². The number of hydrogen-bond donors (Lipinski definition) is 1. The number of aromatic nitrogens is 4. The van der Waals surface area contributed by atoms with Crippen LogP contribution in [0, 0.1) is 0 Å². The molecule has 108 valence electrons. The highest BCUT2D eigenvalue weighted by Crippen LogP contribution is 2.28. The van der Waals surface area contributed by atoms with Crippen LogP contribution in [0.4, 0.5) is 5.82 Å². The van der Waals surface area contributed by atoms with Gasteiger partial charge in [0.25, 0.3) is 5.89 Å². The van der Waals surface area contributed by atoms with E-state index in [0.717, 1.165) is 4.47 Å². The van der Waals surface area contributed by atoms with E-state index in [1.54, 1.807) is 18.2 Å². The number of benzene rings is 1. The third-order valence-electron chi connectivity index (χ3n) is 2.44. The molecule has 0 aliphatic rings. The predicted octanol–water partition coefficient (Wildman–Crippen LogP) is 2.70. The Balaban J connectivity index is 1.72. The van der Waals surface area contributed by atoms with Crippen molar-refractivity contribution >= 4 is 33.3 Å². The van der Waals surface area contributed by atoms with Gasteiger partial charge in [0.15, 0.2) is 18.1 Å². The summed E-state index contributed by atoms with van der Waals surface area (Å²) in [5.74, 6) is 1.13. The van der Waals surface area contributed by atoms with Gasteiger partial charge in [-0.1, -0.05) is 16.8 Å². The van der Waals surface area contributed by atoms with Gasteiger partial charge in [0.2, 0.25) is 5.82 Å². The molecule has 0 aliphatic heterocycles. The van der Waals surface area contributed by atoms with Crippen molar-refractivity contribution in [2.75, 3.05) is 5.73 Å². The topological polar surface area (TPSA) is 113 Å². The maximum Gasteiger partial charge on any atom is 0.264 e. The summed E-state index contributed by atoms with van der Waals surface area (Å²) in [4.78, 5) is 4.09. The lowest BCUT2D eigenvalue weighted by atomic mass is 10.3. The van der Waals surface area contributed by atoms with E-state index in [4.69, 9.17) is 26.6 Å². The second kappa shape index (κ2) is 5.70. The average molecular weight is 373 g/mol. The van der Waals surface area contributed by atoms with Gasteiger partial charge >= 0.3 is 0 Å². The molecule has 0 bridgehead atoms. The zero-order valence-corrected chi connectivity index (χ0v) is 12.6. The number of nitrogens with zero attached hydrogens (tertiary/aromatic N) is 4. The second-order valence-corrected chi connectivity index (χ2v) is 5.16. The standard InChI is InChI=1S/C11H7BrClN5O3/c12-6-3-5(13)1-2-7(6)19-4-8-15-11(18-20-8)9-10(14)17-21-16-9/h1-3H,4H2,(H2,14,17). The highest BCUT2D eigenvalue weighted by molar-refractivity contribution is 9.10. The lowest BCUT2D eigenvalue weighted by molar-refractivity contribution is 0.242. The Hall–Kier alpha value is -2.13. The first kappa shape index (κ1) is 13.8. The van der Waals surface area contributed by atoms with Crippen LogP contribution in [0.5, 0.6) is 5.75 Å². The molecule has 0 unspecified atom stereocenters. The maximum atomic E-state index is 5.85. The molecule has 0 spiro atoms. The van der Waals surface area contributed by atoms with Crippen LogP contribution in [0.25, 0.3) is 11.5 Å². The Bertz CT molecular complexity index is 775. The van der Waals surface area contributed by atoms with Crippen LogP contribution < -0.4 is 10.5 Å². The molecule has 0 saturated carbocycles. The Kier molecular flexibility index (Phi) is 3.76. The van der Waals surface area contributed by atoms with E-state index in [-0.39, 0.29) is 29.8 Å². The van der Waals surface area contributed by atoms with Crippen molar-refractivity contribution < 1.29 is 13.9 Å². The number of anilines is 1. The minimum atomic E-state index is 0.0818. The first-order valence-corrected chi connectivity index (χ1v) is 6.79. The zero-order valence-electron chi connectivity index (χ0n) is 10.3. The highest BCUT2D eigenvalue weighted by Gasteiger charge is 2.17. The Labute approximate surface area is 131 Å². The molecule has 8 nitrogen and oxygen atoms in total. The van der Waals surface area contributed by atoms with Crippen molar-refractivity contribution in [3.05, 3.63) is 33.6 Å². The van der Waals surface area contributed by atoms with Gasteiger partial charge in [-0.25, -0.2) is 4.63 Å². The molecule has 3 rings (SSSR count). The molecule has 2 N–H and O–H groups in total. The maximum absolute atomic E-state index is 5.85. The molecule has 0 saturated heterocycles. The summed E-state index contributed by atoms with van der Waals surface area (Å²) in [6.45, 7) is 0.0818. The monoisotopic (exact) mass is 371 g/mol. The summed E-state index contributed by atoms with van der Waals surface area (Å²) in [6, 6.07) is 5.16. The summed E-state index contributed by atoms with van der Waals surface area (Å²) in [6.07, 6.45) is 0. The fourth-order valence-corrected chi connectivity index (χ4v) is 2.29. The summed E-state index contributed by atoms with van der Waals surface area (Å²) in [5, 5.41) is 11.3. The van der Waals surface area contributed by atoms with Crippen LogP contribution in [0.3, 0.4) is 0 Å². The van der Waals surface area contributed by atoms with Crippen molar-refractivity contribution in [2.24, 2.45) is 0 Å². The lowest BCUT2D eigenvalue weighted by Gasteiger charge is -2.05. The van der Waals surface area contributed by atoms with Gasteiger partial charge in [-0.2, -0.15) is 4.98 Å². The summed E-state index contributed by atoms with van der Waals surface area (Å²) >= 11 is 9.19. The summed E-state index contributed by atoms with van der Waals surface area (Å²) in [7, 11) is 0. The quantitative estimate of drug-likeness (QED) is 0.743. The molecule has 3 aromatic rings. The lowest BCUT2D eigenvalue weighted by Crippen LogP contribution is -1.96.